The molecule has 0 atom stereocenters. The van der Waals surface area contributed by atoms with Crippen LogP contribution in [0.3, 0.4) is 0 Å². The van der Waals surface area contributed by atoms with Crippen LogP contribution in [0.4, 0.5) is 5.69 Å². The fraction of sp³-hybridized carbons (Fsp3) is 0.467. The van der Waals surface area contributed by atoms with E-state index in [0.29, 0.717) is 0 Å². The summed E-state index contributed by atoms with van der Waals surface area (Å²) < 4.78 is 1.94. The molecule has 1 fully saturated rings. The van der Waals surface area contributed by atoms with Crippen molar-refractivity contribution in [2.45, 2.75) is 25.7 Å². The first-order valence-electron chi connectivity index (χ1n) is 7.01. The molecule has 0 amide bonds. The van der Waals surface area contributed by atoms with E-state index in [1.165, 1.54) is 31.4 Å². The quantitative estimate of drug-likeness (QED) is 0.914. The van der Waals surface area contributed by atoms with Crippen molar-refractivity contribution in [3.8, 4) is 11.4 Å². The number of aryl methyl sites for hydroxylation is 1. The monoisotopic (exact) mass is 256 g/mol. The first-order chi connectivity index (χ1) is 9.33. The number of nitrogens with one attached hydrogen (secondary N) is 1. The van der Waals surface area contributed by atoms with Crippen molar-refractivity contribution in [3.05, 3.63) is 30.6 Å². The van der Waals surface area contributed by atoms with Crippen LogP contribution >= 0.6 is 0 Å². The van der Waals surface area contributed by atoms with Gasteiger partial charge in [-0.15, -0.1) is 10.2 Å². The Hall–Kier alpha value is -1.84. The molecule has 3 rings (SSSR count). The number of anilines is 1. The van der Waals surface area contributed by atoms with E-state index in [2.05, 4.69) is 39.8 Å². The molecule has 4 nitrogen and oxygen atoms in total. The average molecular weight is 256 g/mol. The molecular weight excluding hydrogens is 236 g/mol. The maximum atomic E-state index is 4.15. The van der Waals surface area contributed by atoms with Crippen LogP contribution in [0.1, 0.15) is 25.7 Å². The van der Waals surface area contributed by atoms with Gasteiger partial charge in [-0.05, 0) is 30.9 Å². The number of hydrogen-bond donors (Lipinski definition) is 1. The third-order valence-corrected chi connectivity index (χ3v) is 3.90. The first-order valence-corrected chi connectivity index (χ1v) is 7.01. The van der Waals surface area contributed by atoms with Crippen LogP contribution in [0.25, 0.3) is 11.4 Å². The fourth-order valence-corrected chi connectivity index (χ4v) is 2.79. The molecule has 2 aromatic rings. The lowest BCUT2D eigenvalue weighted by atomic mass is 10.1. The average Bonchev–Trinajstić information content (AvgIpc) is 3.08. The second-order valence-corrected chi connectivity index (χ2v) is 5.38. The first kappa shape index (κ1) is 12.2. The van der Waals surface area contributed by atoms with E-state index in [0.717, 1.165) is 23.9 Å². The Labute approximate surface area is 113 Å². The third-order valence-electron chi connectivity index (χ3n) is 3.90. The van der Waals surface area contributed by atoms with Crippen molar-refractivity contribution in [3.63, 3.8) is 0 Å². The van der Waals surface area contributed by atoms with Crippen LogP contribution in [0.15, 0.2) is 30.6 Å². The number of nitrogens with zero attached hydrogens (tertiary/aromatic N) is 3. The van der Waals surface area contributed by atoms with E-state index in [1.54, 1.807) is 6.33 Å². The van der Waals surface area contributed by atoms with E-state index >= 15 is 0 Å². The zero-order chi connectivity index (χ0) is 13.1. The van der Waals surface area contributed by atoms with Crippen molar-refractivity contribution in [1.82, 2.24) is 14.8 Å². The molecule has 0 saturated heterocycles. The fourth-order valence-electron chi connectivity index (χ4n) is 2.79. The standard InChI is InChI=1S/C15H20N4/c1-19-11-17-18-15(19)13-7-4-8-14(9-13)16-10-12-5-2-3-6-12/h4,7-9,11-12,16H,2-3,5-6,10H2,1H3. The molecule has 0 aliphatic heterocycles. The second-order valence-electron chi connectivity index (χ2n) is 5.38. The lowest BCUT2D eigenvalue weighted by molar-refractivity contribution is 0.580. The van der Waals surface area contributed by atoms with Gasteiger partial charge in [-0.1, -0.05) is 25.0 Å². The summed E-state index contributed by atoms with van der Waals surface area (Å²) in [5, 5.41) is 11.6. The van der Waals surface area contributed by atoms with Gasteiger partial charge in [0.05, 0.1) is 0 Å². The van der Waals surface area contributed by atoms with Crippen molar-refractivity contribution in [2.75, 3.05) is 11.9 Å². The summed E-state index contributed by atoms with van der Waals surface area (Å²) in [6.45, 7) is 1.09. The van der Waals surface area contributed by atoms with Crippen LogP contribution in [-0.2, 0) is 7.05 Å². The van der Waals surface area contributed by atoms with E-state index < -0.39 is 0 Å². The molecule has 0 spiro atoms. The number of aromatic nitrogens is 3. The molecule has 1 aromatic heterocycles. The zero-order valence-electron chi connectivity index (χ0n) is 11.3. The van der Waals surface area contributed by atoms with Gasteiger partial charge in [-0.3, -0.25) is 0 Å². The third kappa shape index (κ3) is 2.78. The summed E-state index contributed by atoms with van der Waals surface area (Å²) in [5.41, 5.74) is 2.28. The van der Waals surface area contributed by atoms with E-state index in [1.807, 2.05) is 11.6 Å². The molecule has 100 valence electrons. The predicted octanol–water partition coefficient (Wildman–Crippen LogP) is 3.08. The Morgan fingerprint density at radius 3 is 2.89 bits per heavy atom. The maximum absolute atomic E-state index is 4.15. The Morgan fingerprint density at radius 1 is 1.32 bits per heavy atom. The zero-order valence-corrected chi connectivity index (χ0v) is 11.3. The second kappa shape index (κ2) is 5.43. The Kier molecular flexibility index (Phi) is 3.49. The van der Waals surface area contributed by atoms with Crippen molar-refractivity contribution < 1.29 is 0 Å². The van der Waals surface area contributed by atoms with Gasteiger partial charge < -0.3 is 9.88 Å². The molecule has 4 heteroatoms. The van der Waals surface area contributed by atoms with Crippen LogP contribution in [0, 0.1) is 5.92 Å². The molecule has 1 N–H and O–H groups in total. The highest BCUT2D eigenvalue weighted by Crippen LogP contribution is 2.26. The van der Waals surface area contributed by atoms with Crippen LogP contribution in [0.2, 0.25) is 0 Å². The predicted molar refractivity (Wildman–Crippen MR) is 76.9 cm³/mol. The van der Waals surface area contributed by atoms with E-state index in [-0.39, 0.29) is 0 Å². The van der Waals surface area contributed by atoms with Crippen LogP contribution < -0.4 is 5.32 Å². The molecule has 0 radical (unpaired) electrons. The maximum Gasteiger partial charge on any atom is 0.163 e. The summed E-state index contributed by atoms with van der Waals surface area (Å²) in [6, 6.07) is 8.42. The SMILES string of the molecule is Cn1cnnc1-c1cccc(NCC2CCCC2)c1. The molecule has 0 unspecified atom stereocenters. The highest BCUT2D eigenvalue weighted by molar-refractivity contribution is 5.62. The van der Waals surface area contributed by atoms with E-state index in [4.69, 9.17) is 0 Å². The Bertz CT molecular complexity index is 541. The minimum Gasteiger partial charge on any atom is -0.385 e. The number of benzene rings is 1. The highest BCUT2D eigenvalue weighted by Gasteiger charge is 2.14. The Morgan fingerprint density at radius 2 is 2.16 bits per heavy atom. The van der Waals surface area contributed by atoms with Gasteiger partial charge in [0.25, 0.3) is 0 Å². The van der Waals surface area contributed by atoms with Gasteiger partial charge in [-0.25, -0.2) is 0 Å². The largest absolute Gasteiger partial charge is 0.385 e. The molecule has 1 aliphatic carbocycles. The minimum atomic E-state index is 0.846. The van der Waals surface area contributed by atoms with Crippen molar-refractivity contribution in [2.24, 2.45) is 13.0 Å². The smallest absolute Gasteiger partial charge is 0.163 e. The van der Waals surface area contributed by atoms with Crippen LogP contribution in [-0.4, -0.2) is 21.3 Å². The molecule has 1 heterocycles. The van der Waals surface area contributed by atoms with Crippen molar-refractivity contribution in [1.29, 1.82) is 0 Å². The molecule has 0 bridgehead atoms. The highest BCUT2D eigenvalue weighted by atomic mass is 15.2. The molecule has 19 heavy (non-hydrogen) atoms. The molecular formula is C15H20N4. The van der Waals surface area contributed by atoms with Gasteiger partial charge >= 0.3 is 0 Å². The van der Waals surface area contributed by atoms with Gasteiger partial charge in [0.1, 0.15) is 6.33 Å². The molecule has 1 aliphatic rings. The lowest BCUT2D eigenvalue weighted by Gasteiger charge is -2.12. The van der Waals surface area contributed by atoms with Gasteiger partial charge in [0.2, 0.25) is 0 Å². The topological polar surface area (TPSA) is 42.7 Å². The normalized spacial score (nSPS) is 15.8. The summed E-state index contributed by atoms with van der Waals surface area (Å²) in [6.07, 6.45) is 7.26. The van der Waals surface area contributed by atoms with Crippen molar-refractivity contribution >= 4 is 5.69 Å². The van der Waals surface area contributed by atoms with Gasteiger partial charge in [0.15, 0.2) is 5.82 Å². The summed E-state index contributed by atoms with van der Waals surface area (Å²) in [5.74, 6) is 1.75. The lowest BCUT2D eigenvalue weighted by Crippen LogP contribution is -2.10. The number of hydrogen-bond acceptors (Lipinski definition) is 3. The minimum absolute atomic E-state index is 0.846. The van der Waals surface area contributed by atoms with Crippen LogP contribution in [0.5, 0.6) is 0 Å². The summed E-state index contributed by atoms with van der Waals surface area (Å²) in [7, 11) is 1.97. The van der Waals surface area contributed by atoms with E-state index in [9.17, 15) is 0 Å². The summed E-state index contributed by atoms with van der Waals surface area (Å²) >= 11 is 0. The van der Waals surface area contributed by atoms with Gasteiger partial charge in [0, 0.05) is 24.8 Å². The summed E-state index contributed by atoms with van der Waals surface area (Å²) in [4.78, 5) is 0. The number of rotatable bonds is 4. The Balaban J connectivity index is 1.71. The molecule has 1 saturated carbocycles. The molecule has 1 aromatic carbocycles. The van der Waals surface area contributed by atoms with Gasteiger partial charge in [-0.2, -0.15) is 0 Å².